The van der Waals surface area contributed by atoms with Crippen LogP contribution >= 0.6 is 11.6 Å². The second kappa shape index (κ2) is 6.54. The SMILES string of the molecule is Cc1cccc(NC(=O)c2cnc(OC(C)C)c(Cl)c2)n1. The summed E-state index contributed by atoms with van der Waals surface area (Å²) in [7, 11) is 0. The zero-order chi connectivity index (χ0) is 15.4. The van der Waals surface area contributed by atoms with Gasteiger partial charge in [0.15, 0.2) is 0 Å². The minimum atomic E-state index is -0.321. The van der Waals surface area contributed by atoms with E-state index >= 15 is 0 Å². The number of carbonyl (C=O) groups excluding carboxylic acids is 1. The van der Waals surface area contributed by atoms with E-state index in [0.29, 0.717) is 22.3 Å². The van der Waals surface area contributed by atoms with Crippen molar-refractivity contribution in [2.24, 2.45) is 0 Å². The topological polar surface area (TPSA) is 64.1 Å². The van der Waals surface area contributed by atoms with Crippen molar-refractivity contribution in [2.45, 2.75) is 26.9 Å². The molecule has 0 fully saturated rings. The van der Waals surface area contributed by atoms with Gasteiger partial charge in [-0.3, -0.25) is 4.79 Å². The number of anilines is 1. The predicted octanol–water partition coefficient (Wildman–Crippen LogP) is 3.48. The van der Waals surface area contributed by atoms with E-state index in [1.807, 2.05) is 32.9 Å². The van der Waals surface area contributed by atoms with E-state index in [0.717, 1.165) is 5.69 Å². The molecule has 21 heavy (non-hydrogen) atoms. The first kappa shape index (κ1) is 15.3. The van der Waals surface area contributed by atoms with Crippen molar-refractivity contribution in [2.75, 3.05) is 5.32 Å². The Labute approximate surface area is 128 Å². The summed E-state index contributed by atoms with van der Waals surface area (Å²) in [4.78, 5) is 20.4. The van der Waals surface area contributed by atoms with E-state index in [-0.39, 0.29) is 12.0 Å². The minimum absolute atomic E-state index is 0.0360. The molecule has 0 aliphatic heterocycles. The fraction of sp³-hybridized carbons (Fsp3) is 0.267. The molecule has 0 aliphatic rings. The molecular weight excluding hydrogens is 290 g/mol. The van der Waals surface area contributed by atoms with Crippen LogP contribution in [0.4, 0.5) is 5.82 Å². The highest BCUT2D eigenvalue weighted by Crippen LogP contribution is 2.23. The molecule has 110 valence electrons. The standard InChI is InChI=1S/C15H16ClN3O2/c1-9(2)21-15-12(16)7-11(8-17-15)14(20)19-13-6-4-5-10(3)18-13/h4-9H,1-3H3,(H,18,19,20). The van der Waals surface area contributed by atoms with Gasteiger partial charge in [0.05, 0.1) is 11.7 Å². The number of ether oxygens (including phenoxy) is 1. The van der Waals surface area contributed by atoms with Gasteiger partial charge in [0.2, 0.25) is 5.88 Å². The fourth-order valence-electron chi connectivity index (χ4n) is 1.66. The summed E-state index contributed by atoms with van der Waals surface area (Å²) in [6, 6.07) is 6.92. The van der Waals surface area contributed by atoms with Crippen molar-refractivity contribution < 1.29 is 9.53 Å². The molecule has 0 saturated carbocycles. The van der Waals surface area contributed by atoms with Crippen molar-refractivity contribution in [3.63, 3.8) is 0 Å². The molecule has 0 aliphatic carbocycles. The Bertz CT molecular complexity index is 659. The number of hydrogen-bond donors (Lipinski definition) is 1. The van der Waals surface area contributed by atoms with E-state index in [2.05, 4.69) is 15.3 Å². The van der Waals surface area contributed by atoms with Gasteiger partial charge in [0, 0.05) is 11.9 Å². The second-order valence-corrected chi connectivity index (χ2v) is 5.20. The van der Waals surface area contributed by atoms with Crippen molar-refractivity contribution in [1.29, 1.82) is 0 Å². The van der Waals surface area contributed by atoms with Crippen molar-refractivity contribution in [1.82, 2.24) is 9.97 Å². The molecule has 0 unspecified atom stereocenters. The van der Waals surface area contributed by atoms with Gasteiger partial charge in [-0.1, -0.05) is 17.7 Å². The zero-order valence-electron chi connectivity index (χ0n) is 12.1. The van der Waals surface area contributed by atoms with Crippen LogP contribution in [0.15, 0.2) is 30.5 Å². The average molecular weight is 306 g/mol. The van der Waals surface area contributed by atoms with Crippen molar-refractivity contribution >= 4 is 23.3 Å². The number of rotatable bonds is 4. The third kappa shape index (κ3) is 4.16. The maximum atomic E-state index is 12.1. The number of carbonyl (C=O) groups is 1. The minimum Gasteiger partial charge on any atom is -0.474 e. The number of nitrogens with one attached hydrogen (secondary N) is 1. The normalized spacial score (nSPS) is 10.5. The largest absolute Gasteiger partial charge is 0.474 e. The fourth-order valence-corrected chi connectivity index (χ4v) is 1.87. The quantitative estimate of drug-likeness (QED) is 0.939. The molecule has 0 aromatic carbocycles. The lowest BCUT2D eigenvalue weighted by molar-refractivity contribution is 0.102. The molecule has 0 radical (unpaired) electrons. The predicted molar refractivity (Wildman–Crippen MR) is 81.9 cm³/mol. The maximum Gasteiger partial charge on any atom is 0.258 e. The van der Waals surface area contributed by atoms with Crippen LogP contribution in [0.2, 0.25) is 5.02 Å². The number of nitrogens with zero attached hydrogens (tertiary/aromatic N) is 2. The van der Waals surface area contributed by atoms with Gasteiger partial charge in [0.1, 0.15) is 10.8 Å². The van der Waals surface area contributed by atoms with Gasteiger partial charge in [0.25, 0.3) is 5.91 Å². The summed E-state index contributed by atoms with van der Waals surface area (Å²) < 4.78 is 5.43. The number of aromatic nitrogens is 2. The van der Waals surface area contributed by atoms with Crippen LogP contribution in [0.25, 0.3) is 0 Å². The lowest BCUT2D eigenvalue weighted by atomic mass is 10.2. The zero-order valence-corrected chi connectivity index (χ0v) is 12.8. The Morgan fingerprint density at radius 3 is 2.76 bits per heavy atom. The smallest absolute Gasteiger partial charge is 0.258 e. The number of pyridine rings is 2. The van der Waals surface area contributed by atoms with Crippen LogP contribution in [0.3, 0.4) is 0 Å². The van der Waals surface area contributed by atoms with E-state index in [1.165, 1.54) is 12.3 Å². The summed E-state index contributed by atoms with van der Waals surface area (Å²) in [5.41, 5.74) is 1.17. The molecule has 1 N–H and O–H groups in total. The van der Waals surface area contributed by atoms with E-state index in [4.69, 9.17) is 16.3 Å². The lowest BCUT2D eigenvalue weighted by Crippen LogP contribution is -2.14. The van der Waals surface area contributed by atoms with Gasteiger partial charge in [-0.05, 0) is 39.0 Å². The Hall–Kier alpha value is -2.14. The third-order valence-electron chi connectivity index (χ3n) is 2.55. The highest BCUT2D eigenvalue weighted by molar-refractivity contribution is 6.32. The first-order valence-electron chi connectivity index (χ1n) is 6.53. The summed E-state index contributed by atoms with van der Waals surface area (Å²) in [5.74, 6) is 0.481. The molecule has 1 amide bonds. The summed E-state index contributed by atoms with van der Waals surface area (Å²) in [5, 5.41) is 3.00. The average Bonchev–Trinajstić information content (AvgIpc) is 2.40. The molecular formula is C15H16ClN3O2. The van der Waals surface area contributed by atoms with Gasteiger partial charge in [-0.15, -0.1) is 0 Å². The number of hydrogen-bond acceptors (Lipinski definition) is 4. The van der Waals surface area contributed by atoms with Gasteiger partial charge in [-0.25, -0.2) is 9.97 Å². The van der Waals surface area contributed by atoms with Crippen LogP contribution in [-0.4, -0.2) is 22.0 Å². The molecule has 2 rings (SSSR count). The van der Waals surface area contributed by atoms with Crippen LogP contribution in [-0.2, 0) is 0 Å². The highest BCUT2D eigenvalue weighted by Gasteiger charge is 2.12. The molecule has 2 aromatic rings. The van der Waals surface area contributed by atoms with Gasteiger partial charge < -0.3 is 10.1 Å². The van der Waals surface area contributed by atoms with Crippen LogP contribution in [0, 0.1) is 6.92 Å². The van der Waals surface area contributed by atoms with Crippen LogP contribution < -0.4 is 10.1 Å². The van der Waals surface area contributed by atoms with Gasteiger partial charge >= 0.3 is 0 Å². The van der Waals surface area contributed by atoms with Crippen LogP contribution in [0.1, 0.15) is 29.9 Å². The number of halogens is 1. The monoisotopic (exact) mass is 305 g/mol. The summed E-state index contributed by atoms with van der Waals surface area (Å²) in [6.45, 7) is 5.61. The Kier molecular flexibility index (Phi) is 4.75. The molecule has 0 bridgehead atoms. The Balaban J connectivity index is 2.14. The molecule has 5 nitrogen and oxygen atoms in total. The van der Waals surface area contributed by atoms with Crippen molar-refractivity contribution in [3.05, 3.63) is 46.7 Å². The lowest BCUT2D eigenvalue weighted by Gasteiger charge is -2.11. The van der Waals surface area contributed by atoms with E-state index in [1.54, 1.807) is 6.07 Å². The first-order chi connectivity index (χ1) is 9.95. The highest BCUT2D eigenvalue weighted by atomic mass is 35.5. The Morgan fingerprint density at radius 1 is 1.38 bits per heavy atom. The van der Waals surface area contributed by atoms with Gasteiger partial charge in [-0.2, -0.15) is 0 Å². The van der Waals surface area contributed by atoms with Crippen molar-refractivity contribution in [3.8, 4) is 5.88 Å². The molecule has 2 heterocycles. The number of amides is 1. The summed E-state index contributed by atoms with van der Waals surface area (Å²) >= 11 is 6.06. The van der Waals surface area contributed by atoms with E-state index < -0.39 is 0 Å². The third-order valence-corrected chi connectivity index (χ3v) is 2.82. The molecule has 0 saturated heterocycles. The molecule has 6 heteroatoms. The summed E-state index contributed by atoms with van der Waals surface area (Å²) in [6.07, 6.45) is 1.39. The second-order valence-electron chi connectivity index (χ2n) is 4.80. The first-order valence-corrected chi connectivity index (χ1v) is 6.90. The van der Waals surface area contributed by atoms with E-state index in [9.17, 15) is 4.79 Å². The molecule has 2 aromatic heterocycles. The van der Waals surface area contributed by atoms with Crippen LogP contribution in [0.5, 0.6) is 5.88 Å². The Morgan fingerprint density at radius 2 is 2.14 bits per heavy atom. The molecule has 0 atom stereocenters. The number of aryl methyl sites for hydroxylation is 1. The molecule has 0 spiro atoms. The maximum absolute atomic E-state index is 12.1.